The summed E-state index contributed by atoms with van der Waals surface area (Å²) in [5.74, 6) is 1.08. The lowest BCUT2D eigenvalue weighted by atomic mass is 9.73. The van der Waals surface area contributed by atoms with Crippen LogP contribution in [-0.4, -0.2) is 38.4 Å². The van der Waals surface area contributed by atoms with Crippen molar-refractivity contribution in [3.05, 3.63) is 24.2 Å². The van der Waals surface area contributed by atoms with Gasteiger partial charge in [0.15, 0.2) is 5.76 Å². The Labute approximate surface area is 134 Å². The van der Waals surface area contributed by atoms with Gasteiger partial charge in [0, 0.05) is 19.4 Å². The highest BCUT2D eigenvalue weighted by molar-refractivity contribution is 4.96. The Bertz CT molecular complexity index is 452. The largest absolute Gasteiger partial charge is 0.463 e. The fourth-order valence-corrected chi connectivity index (χ4v) is 4.52. The molecule has 3 rings (SSSR count). The molecule has 0 saturated carbocycles. The van der Waals surface area contributed by atoms with Crippen molar-refractivity contribution in [2.45, 2.75) is 51.7 Å². The van der Waals surface area contributed by atoms with Crippen molar-refractivity contribution in [2.24, 2.45) is 5.41 Å². The highest BCUT2D eigenvalue weighted by atomic mass is 16.5. The summed E-state index contributed by atoms with van der Waals surface area (Å²) in [4.78, 5) is 1.81. The number of nitrogens with two attached hydrogens (primary N) is 1. The summed E-state index contributed by atoms with van der Waals surface area (Å²) in [6.45, 7) is 11.6. The maximum absolute atomic E-state index is 6.00. The second kappa shape index (κ2) is 6.73. The molecule has 3 N–H and O–H groups in total. The van der Waals surface area contributed by atoms with E-state index in [9.17, 15) is 0 Å². The Morgan fingerprint density at radius 2 is 2.09 bits per heavy atom. The van der Waals surface area contributed by atoms with Gasteiger partial charge in [0.25, 0.3) is 0 Å². The Balaban J connectivity index is 1.62. The van der Waals surface area contributed by atoms with Crippen molar-refractivity contribution in [3.63, 3.8) is 0 Å². The smallest absolute Gasteiger partial charge is 0.157 e. The van der Waals surface area contributed by atoms with Gasteiger partial charge >= 0.3 is 0 Å². The lowest BCUT2D eigenvalue weighted by molar-refractivity contribution is -0.898. The van der Waals surface area contributed by atoms with E-state index in [1.807, 2.05) is 11.0 Å². The molecule has 124 valence electrons. The van der Waals surface area contributed by atoms with Gasteiger partial charge in [-0.2, -0.15) is 0 Å². The Morgan fingerprint density at radius 1 is 1.27 bits per heavy atom. The molecule has 1 aromatic rings. The van der Waals surface area contributed by atoms with Crippen LogP contribution in [0.25, 0.3) is 0 Å². The van der Waals surface area contributed by atoms with E-state index < -0.39 is 0 Å². The van der Waals surface area contributed by atoms with E-state index in [1.165, 1.54) is 51.9 Å². The zero-order chi connectivity index (χ0) is 15.5. The fourth-order valence-electron chi connectivity index (χ4n) is 4.52. The van der Waals surface area contributed by atoms with Crippen molar-refractivity contribution < 1.29 is 19.4 Å². The summed E-state index contributed by atoms with van der Waals surface area (Å²) in [5, 5.41) is 2.44. The van der Waals surface area contributed by atoms with Crippen LogP contribution in [0.15, 0.2) is 22.8 Å². The van der Waals surface area contributed by atoms with Crippen LogP contribution < -0.4 is 10.2 Å². The molecule has 2 fully saturated rings. The van der Waals surface area contributed by atoms with E-state index in [0.29, 0.717) is 5.41 Å². The molecule has 0 radical (unpaired) electrons. The molecule has 0 bridgehead atoms. The van der Waals surface area contributed by atoms with Crippen LogP contribution in [0, 0.1) is 5.41 Å². The lowest BCUT2D eigenvalue weighted by Gasteiger charge is -2.44. The minimum Gasteiger partial charge on any atom is -0.463 e. The van der Waals surface area contributed by atoms with E-state index in [0.717, 1.165) is 18.9 Å². The minimum atomic E-state index is 0.0237. The highest BCUT2D eigenvalue weighted by Gasteiger charge is 2.45. The van der Waals surface area contributed by atoms with Gasteiger partial charge in [-0.15, -0.1) is 0 Å². The predicted molar refractivity (Wildman–Crippen MR) is 85.7 cm³/mol. The quantitative estimate of drug-likeness (QED) is 0.808. The van der Waals surface area contributed by atoms with Crippen LogP contribution in [0.2, 0.25) is 0 Å². The number of ether oxygens (including phenoxy) is 1. The van der Waals surface area contributed by atoms with Crippen LogP contribution in [0.5, 0.6) is 0 Å². The summed E-state index contributed by atoms with van der Waals surface area (Å²) in [5.41, 5.74) is 0.434. The molecule has 2 aliphatic rings. The molecule has 3 heterocycles. The van der Waals surface area contributed by atoms with Crippen LogP contribution >= 0.6 is 0 Å². The van der Waals surface area contributed by atoms with E-state index in [4.69, 9.17) is 9.15 Å². The van der Waals surface area contributed by atoms with E-state index in [-0.39, 0.29) is 5.60 Å². The van der Waals surface area contributed by atoms with Crippen molar-refractivity contribution >= 4 is 0 Å². The molecule has 0 unspecified atom stereocenters. The first kappa shape index (κ1) is 16.0. The third-order valence-corrected chi connectivity index (χ3v) is 5.36. The molecule has 1 aromatic heterocycles. The second-order valence-electron chi connectivity index (χ2n) is 7.95. The molecular weight excluding hydrogens is 276 g/mol. The first-order valence-corrected chi connectivity index (χ1v) is 8.89. The Hall–Kier alpha value is -0.840. The number of rotatable bonds is 6. The van der Waals surface area contributed by atoms with Crippen LogP contribution in [0.4, 0.5) is 0 Å². The molecule has 4 nitrogen and oxygen atoms in total. The minimum absolute atomic E-state index is 0.0237. The first-order chi connectivity index (χ1) is 10.6. The molecule has 2 saturated heterocycles. The van der Waals surface area contributed by atoms with Crippen LogP contribution in [0.1, 0.15) is 45.3 Å². The molecule has 4 heteroatoms. The Morgan fingerprint density at radius 3 is 2.77 bits per heavy atom. The van der Waals surface area contributed by atoms with Gasteiger partial charge < -0.3 is 19.4 Å². The zero-order valence-electron chi connectivity index (χ0n) is 14.2. The number of hydrogen-bond acceptors (Lipinski definition) is 2. The van der Waals surface area contributed by atoms with Gasteiger partial charge in [0.1, 0.15) is 6.54 Å². The first-order valence-electron chi connectivity index (χ1n) is 8.89. The molecule has 1 atom stereocenters. The summed E-state index contributed by atoms with van der Waals surface area (Å²) in [6, 6.07) is 4.05. The monoisotopic (exact) mass is 308 g/mol. The SMILES string of the molecule is CC1(C)C[C@](C[NH2+]Cc2ccco2)(C[NH+]2CCCC2)CCO1. The van der Waals surface area contributed by atoms with E-state index in [1.54, 1.807) is 6.26 Å². The number of furan rings is 1. The number of likely N-dealkylation sites (tertiary alicyclic amines) is 1. The highest BCUT2D eigenvalue weighted by Crippen LogP contribution is 2.37. The van der Waals surface area contributed by atoms with Crippen molar-refractivity contribution in [1.82, 2.24) is 0 Å². The van der Waals surface area contributed by atoms with Crippen molar-refractivity contribution in [2.75, 3.05) is 32.8 Å². The van der Waals surface area contributed by atoms with Crippen molar-refractivity contribution in [3.8, 4) is 0 Å². The third kappa shape index (κ3) is 4.12. The summed E-state index contributed by atoms with van der Waals surface area (Å²) in [6.07, 6.45) is 6.96. The molecular formula is C18H32N2O2+2. The number of hydrogen-bond donors (Lipinski definition) is 2. The molecule has 2 aliphatic heterocycles. The van der Waals surface area contributed by atoms with Gasteiger partial charge in [-0.25, -0.2) is 0 Å². The fraction of sp³-hybridized carbons (Fsp3) is 0.778. The zero-order valence-corrected chi connectivity index (χ0v) is 14.2. The number of quaternary nitrogens is 2. The summed E-state index contributed by atoms with van der Waals surface area (Å²) in [7, 11) is 0. The summed E-state index contributed by atoms with van der Waals surface area (Å²) >= 11 is 0. The second-order valence-corrected chi connectivity index (χ2v) is 7.95. The van der Waals surface area contributed by atoms with Gasteiger partial charge in [-0.3, -0.25) is 0 Å². The average molecular weight is 308 g/mol. The maximum Gasteiger partial charge on any atom is 0.157 e. The normalized spacial score (nSPS) is 29.0. The lowest BCUT2D eigenvalue weighted by Crippen LogP contribution is -3.12. The topological polar surface area (TPSA) is 43.4 Å². The van der Waals surface area contributed by atoms with Gasteiger partial charge in [-0.1, -0.05) is 0 Å². The van der Waals surface area contributed by atoms with Gasteiger partial charge in [0.2, 0.25) is 0 Å². The van der Waals surface area contributed by atoms with E-state index >= 15 is 0 Å². The maximum atomic E-state index is 6.00. The van der Waals surface area contributed by atoms with Gasteiger partial charge in [0.05, 0.1) is 43.5 Å². The molecule has 0 amide bonds. The standard InChI is InChI=1S/C18H30N2O2/c1-17(2)13-18(7-11-22-17,15-20-8-3-4-9-20)14-19-12-16-6-5-10-21-16/h5-6,10,19H,3-4,7-9,11-15H2,1-2H3/p+2/t18-/m1/s1. The molecule has 22 heavy (non-hydrogen) atoms. The summed E-state index contributed by atoms with van der Waals surface area (Å²) < 4.78 is 11.5. The third-order valence-electron chi connectivity index (χ3n) is 5.36. The number of nitrogens with one attached hydrogen (secondary N) is 1. The van der Waals surface area contributed by atoms with Crippen molar-refractivity contribution in [1.29, 1.82) is 0 Å². The van der Waals surface area contributed by atoms with Gasteiger partial charge in [-0.05, 0) is 38.8 Å². The average Bonchev–Trinajstić information content (AvgIpc) is 3.11. The van der Waals surface area contributed by atoms with E-state index in [2.05, 4.69) is 25.2 Å². The molecule has 0 spiro atoms. The predicted octanol–water partition coefficient (Wildman–Crippen LogP) is 0.597. The Kier molecular flexibility index (Phi) is 4.91. The molecule has 0 aliphatic carbocycles. The van der Waals surface area contributed by atoms with Crippen LogP contribution in [0.3, 0.4) is 0 Å². The molecule has 0 aromatic carbocycles. The van der Waals surface area contributed by atoms with Crippen LogP contribution in [-0.2, 0) is 11.3 Å².